The normalized spacial score (nSPS) is 12.9. The van der Waals surface area contributed by atoms with Crippen LogP contribution in [0.2, 0.25) is 0 Å². The van der Waals surface area contributed by atoms with Gasteiger partial charge in [0.2, 0.25) is 0 Å². The molecule has 1 N–H and O–H groups in total. The fourth-order valence-electron chi connectivity index (χ4n) is 4.08. The molecule has 2 nitrogen and oxygen atoms in total. The fraction of sp³-hybridized carbons (Fsp3) is 0.0690. The molecule has 156 valence electrons. The predicted octanol–water partition coefficient (Wildman–Crippen LogP) is 5.86. The molecule has 3 heteroatoms. The van der Waals surface area contributed by atoms with E-state index >= 15 is 0 Å². The molecule has 0 heterocycles. The van der Waals surface area contributed by atoms with Crippen LogP contribution in [-0.4, -0.2) is 11.3 Å². The van der Waals surface area contributed by atoms with Crippen LogP contribution in [0.15, 0.2) is 108 Å². The van der Waals surface area contributed by atoms with Gasteiger partial charge < -0.3 is 5.11 Å². The monoisotopic (exact) mass is 433 g/mol. The van der Waals surface area contributed by atoms with E-state index in [0.717, 1.165) is 29.7 Å². The smallest absolute Gasteiger partial charge is 0.124 e. The molecule has 0 unspecified atom stereocenters. The first-order chi connectivity index (χ1) is 15.8. The first kappa shape index (κ1) is 20.4. The summed E-state index contributed by atoms with van der Waals surface area (Å²) in [5.74, 6) is 0.268. The van der Waals surface area contributed by atoms with Crippen LogP contribution in [-0.2, 0) is 6.42 Å². The molecule has 0 aliphatic heterocycles. The minimum atomic E-state index is -0.748. The highest BCUT2D eigenvalue weighted by atomic mass is 31.1. The van der Waals surface area contributed by atoms with Crippen molar-refractivity contribution in [2.24, 2.45) is 4.99 Å². The van der Waals surface area contributed by atoms with E-state index in [4.69, 9.17) is 4.99 Å². The Labute approximate surface area is 190 Å². The molecule has 5 rings (SSSR count). The molecule has 1 aliphatic carbocycles. The maximum Gasteiger partial charge on any atom is 0.124 e. The number of para-hydroxylation sites is 1. The number of benzene rings is 4. The molecule has 0 bridgehead atoms. The number of rotatable bonds is 5. The van der Waals surface area contributed by atoms with E-state index in [1.54, 1.807) is 6.21 Å². The second-order valence-electron chi connectivity index (χ2n) is 7.80. The molecule has 4 aromatic carbocycles. The minimum Gasteiger partial charge on any atom is -0.507 e. The molecule has 0 radical (unpaired) electrons. The third-order valence-corrected chi connectivity index (χ3v) is 8.15. The van der Waals surface area contributed by atoms with Gasteiger partial charge in [0.15, 0.2) is 0 Å². The zero-order chi connectivity index (χ0) is 21.8. The Kier molecular flexibility index (Phi) is 5.96. The number of phenols is 1. The molecular weight excluding hydrogens is 409 g/mol. The molecular formula is C29H24NOP. The quantitative estimate of drug-likeness (QED) is 0.310. The average Bonchev–Trinajstić information content (AvgIpc) is 2.85. The van der Waals surface area contributed by atoms with E-state index in [1.807, 2.05) is 12.1 Å². The Morgan fingerprint density at radius 3 is 2.16 bits per heavy atom. The van der Waals surface area contributed by atoms with E-state index < -0.39 is 7.92 Å². The molecule has 0 atom stereocenters. The molecule has 4 aromatic rings. The molecule has 1 aliphatic rings. The van der Waals surface area contributed by atoms with Gasteiger partial charge in [-0.1, -0.05) is 91.0 Å². The third-order valence-electron chi connectivity index (χ3n) is 5.66. The van der Waals surface area contributed by atoms with Crippen molar-refractivity contribution in [3.63, 3.8) is 0 Å². The Hall–Kier alpha value is -3.48. The Morgan fingerprint density at radius 2 is 1.44 bits per heavy atom. The summed E-state index contributed by atoms with van der Waals surface area (Å²) in [6, 6.07) is 33.5. The second kappa shape index (κ2) is 9.34. The van der Waals surface area contributed by atoms with Crippen LogP contribution < -0.4 is 15.9 Å². The van der Waals surface area contributed by atoms with Gasteiger partial charge in [-0.05, 0) is 60.7 Å². The Bertz CT molecular complexity index is 1240. The summed E-state index contributed by atoms with van der Waals surface area (Å²) in [7, 11) is -0.748. The van der Waals surface area contributed by atoms with Gasteiger partial charge in [-0.3, -0.25) is 4.99 Å². The summed E-state index contributed by atoms with van der Waals surface area (Å²) in [5, 5.41) is 14.3. The van der Waals surface area contributed by atoms with E-state index in [2.05, 4.69) is 97.1 Å². The summed E-state index contributed by atoms with van der Waals surface area (Å²) < 4.78 is 0. The predicted molar refractivity (Wildman–Crippen MR) is 138 cm³/mol. The van der Waals surface area contributed by atoms with Crippen molar-refractivity contribution >= 4 is 41.8 Å². The van der Waals surface area contributed by atoms with Crippen LogP contribution in [0, 0.1) is 0 Å². The van der Waals surface area contributed by atoms with Crippen LogP contribution in [0.1, 0.15) is 23.1 Å². The van der Waals surface area contributed by atoms with Crippen molar-refractivity contribution in [1.29, 1.82) is 0 Å². The van der Waals surface area contributed by atoms with Crippen molar-refractivity contribution in [3.05, 3.63) is 120 Å². The molecule has 0 saturated carbocycles. The van der Waals surface area contributed by atoms with E-state index in [1.165, 1.54) is 21.5 Å². The highest BCUT2D eigenvalue weighted by Crippen LogP contribution is 2.36. The van der Waals surface area contributed by atoms with Gasteiger partial charge in [0, 0.05) is 17.1 Å². The first-order valence-corrected chi connectivity index (χ1v) is 12.2. The van der Waals surface area contributed by atoms with E-state index in [0.29, 0.717) is 0 Å². The highest BCUT2D eigenvalue weighted by molar-refractivity contribution is 7.80. The molecule has 0 amide bonds. The van der Waals surface area contributed by atoms with Gasteiger partial charge in [-0.2, -0.15) is 0 Å². The second-order valence-corrected chi connectivity index (χ2v) is 9.99. The largest absolute Gasteiger partial charge is 0.507 e. The number of aromatic hydroxyl groups is 1. The molecule has 0 aromatic heterocycles. The van der Waals surface area contributed by atoms with E-state index in [9.17, 15) is 5.11 Å². The van der Waals surface area contributed by atoms with Crippen LogP contribution in [0.25, 0.3) is 6.08 Å². The number of allylic oxidation sites excluding steroid dienone is 1. The highest BCUT2D eigenvalue weighted by Gasteiger charge is 2.19. The minimum absolute atomic E-state index is 0.268. The maximum atomic E-state index is 10.6. The van der Waals surface area contributed by atoms with Gasteiger partial charge in [-0.15, -0.1) is 0 Å². The first-order valence-electron chi connectivity index (χ1n) is 10.9. The number of aliphatic imine (C=N–C) groups is 1. The van der Waals surface area contributed by atoms with Crippen LogP contribution >= 0.6 is 7.92 Å². The summed E-state index contributed by atoms with van der Waals surface area (Å²) in [6.07, 6.45) is 8.08. The zero-order valence-corrected chi connectivity index (χ0v) is 18.6. The van der Waals surface area contributed by atoms with Crippen LogP contribution in [0.3, 0.4) is 0 Å². The molecule has 0 spiro atoms. The average molecular weight is 433 g/mol. The maximum absolute atomic E-state index is 10.6. The lowest BCUT2D eigenvalue weighted by molar-refractivity contribution is 0.474. The van der Waals surface area contributed by atoms with Crippen molar-refractivity contribution in [2.75, 3.05) is 0 Å². The van der Waals surface area contributed by atoms with Gasteiger partial charge in [0.1, 0.15) is 5.75 Å². The number of hydrogen-bond acceptors (Lipinski definition) is 2. The van der Waals surface area contributed by atoms with Crippen molar-refractivity contribution in [1.82, 2.24) is 0 Å². The van der Waals surface area contributed by atoms with Gasteiger partial charge >= 0.3 is 0 Å². The number of aryl methyl sites for hydroxylation is 1. The zero-order valence-electron chi connectivity index (χ0n) is 17.7. The lowest BCUT2D eigenvalue weighted by Crippen LogP contribution is -2.20. The lowest BCUT2D eigenvalue weighted by Gasteiger charge is -2.20. The summed E-state index contributed by atoms with van der Waals surface area (Å²) >= 11 is 0. The Balaban J connectivity index is 1.57. The third kappa shape index (κ3) is 4.28. The topological polar surface area (TPSA) is 32.6 Å². The number of fused-ring (bicyclic) bond motifs is 1. The molecule has 0 saturated heterocycles. The van der Waals surface area contributed by atoms with E-state index in [-0.39, 0.29) is 5.75 Å². The molecule has 0 fully saturated rings. The fourth-order valence-corrected chi connectivity index (χ4v) is 6.47. The number of nitrogens with zero attached hydrogens (tertiary/aromatic N) is 1. The molecule has 32 heavy (non-hydrogen) atoms. The number of hydrogen-bond donors (Lipinski definition) is 1. The summed E-state index contributed by atoms with van der Waals surface area (Å²) in [4.78, 5) is 4.87. The van der Waals surface area contributed by atoms with Crippen molar-refractivity contribution in [2.45, 2.75) is 12.8 Å². The summed E-state index contributed by atoms with van der Waals surface area (Å²) in [6.45, 7) is 0. The van der Waals surface area contributed by atoms with Crippen LogP contribution in [0.4, 0.5) is 5.69 Å². The van der Waals surface area contributed by atoms with Crippen molar-refractivity contribution < 1.29 is 5.11 Å². The SMILES string of the molecule is Oc1cc2c(cc1C=Nc1ccccc1P(c1ccccc1)c1ccccc1)CCC=C2. The van der Waals surface area contributed by atoms with Crippen molar-refractivity contribution in [3.8, 4) is 5.75 Å². The summed E-state index contributed by atoms with van der Waals surface area (Å²) in [5.41, 5.74) is 4.06. The standard InChI is InChI=1S/C29H24NOP/c31-28-20-23-12-8-7-11-22(23)19-24(28)21-30-27-17-9-10-18-29(27)32(25-13-3-1-4-14-25)26-15-5-2-6-16-26/h1-6,8-10,12-21,31H,7,11H2. The number of phenolic OH excluding ortho intramolecular Hbond substituents is 1. The van der Waals surface area contributed by atoms with Gasteiger partial charge in [-0.25, -0.2) is 0 Å². The lowest BCUT2D eigenvalue weighted by atomic mass is 9.95. The Morgan fingerprint density at radius 1 is 0.781 bits per heavy atom. The van der Waals surface area contributed by atoms with Gasteiger partial charge in [0.25, 0.3) is 0 Å². The van der Waals surface area contributed by atoms with Crippen LogP contribution in [0.5, 0.6) is 5.75 Å². The van der Waals surface area contributed by atoms with Gasteiger partial charge in [0.05, 0.1) is 5.69 Å².